The second kappa shape index (κ2) is 7.60. The molecule has 16 heavy (non-hydrogen) atoms. The van der Waals surface area contributed by atoms with Crippen LogP contribution in [-0.2, 0) is 6.42 Å². The fourth-order valence-electron chi connectivity index (χ4n) is 1.52. The van der Waals surface area contributed by atoms with E-state index in [-0.39, 0.29) is 0 Å². The topological polar surface area (TPSA) is 37.8 Å². The Morgan fingerprint density at radius 1 is 1.31 bits per heavy atom. The summed E-state index contributed by atoms with van der Waals surface area (Å²) in [6.07, 6.45) is 5.95. The molecule has 0 bridgehead atoms. The Bertz CT molecular complexity index is 284. The lowest BCUT2D eigenvalue weighted by Crippen LogP contribution is -2.02. The van der Waals surface area contributed by atoms with Crippen LogP contribution in [0.25, 0.3) is 0 Å². The standard InChI is InChI=1S/C12H23N3S/c1-4-7-11-14-12(16-15-11)13-9-6-5-8-10(2)3/h10H,4-9H2,1-3H3,(H,13,14,15). The second-order valence-corrected chi connectivity index (χ2v) is 5.33. The highest BCUT2D eigenvalue weighted by Gasteiger charge is 2.01. The molecule has 1 aromatic rings. The average molecular weight is 241 g/mol. The zero-order valence-electron chi connectivity index (χ0n) is 10.6. The van der Waals surface area contributed by atoms with Crippen molar-refractivity contribution in [3.8, 4) is 0 Å². The minimum Gasteiger partial charge on any atom is -0.360 e. The van der Waals surface area contributed by atoms with Gasteiger partial charge in [0.15, 0.2) is 0 Å². The largest absolute Gasteiger partial charge is 0.360 e. The Morgan fingerprint density at radius 3 is 2.81 bits per heavy atom. The van der Waals surface area contributed by atoms with Gasteiger partial charge in [0.05, 0.1) is 0 Å². The summed E-state index contributed by atoms with van der Waals surface area (Å²) in [4.78, 5) is 4.43. The quantitative estimate of drug-likeness (QED) is 0.705. The molecule has 0 spiro atoms. The molecular weight excluding hydrogens is 218 g/mol. The molecule has 3 nitrogen and oxygen atoms in total. The zero-order valence-corrected chi connectivity index (χ0v) is 11.4. The minimum atomic E-state index is 0.817. The van der Waals surface area contributed by atoms with Gasteiger partial charge in [0.2, 0.25) is 5.13 Å². The maximum absolute atomic E-state index is 4.43. The van der Waals surface area contributed by atoms with Gasteiger partial charge in [-0.25, -0.2) is 4.98 Å². The fraction of sp³-hybridized carbons (Fsp3) is 0.833. The van der Waals surface area contributed by atoms with Crippen LogP contribution in [0.3, 0.4) is 0 Å². The van der Waals surface area contributed by atoms with Gasteiger partial charge in [0, 0.05) is 24.5 Å². The number of hydrogen-bond donors (Lipinski definition) is 1. The van der Waals surface area contributed by atoms with Gasteiger partial charge in [-0.2, -0.15) is 4.37 Å². The van der Waals surface area contributed by atoms with Crippen molar-refractivity contribution in [2.75, 3.05) is 11.9 Å². The predicted molar refractivity (Wildman–Crippen MR) is 71.1 cm³/mol. The van der Waals surface area contributed by atoms with E-state index in [1.807, 2.05) is 0 Å². The number of aromatic nitrogens is 2. The molecule has 0 aliphatic rings. The average Bonchev–Trinajstić information content (AvgIpc) is 2.65. The number of unbranched alkanes of at least 4 members (excludes halogenated alkanes) is 1. The van der Waals surface area contributed by atoms with Gasteiger partial charge < -0.3 is 5.32 Å². The highest BCUT2D eigenvalue weighted by Crippen LogP contribution is 2.12. The summed E-state index contributed by atoms with van der Waals surface area (Å²) in [7, 11) is 0. The highest BCUT2D eigenvalue weighted by molar-refractivity contribution is 7.09. The summed E-state index contributed by atoms with van der Waals surface area (Å²) in [5.41, 5.74) is 0. The molecule has 0 atom stereocenters. The van der Waals surface area contributed by atoms with Gasteiger partial charge in [0.1, 0.15) is 5.82 Å². The summed E-state index contributed by atoms with van der Waals surface area (Å²) < 4.78 is 4.30. The minimum absolute atomic E-state index is 0.817. The Morgan fingerprint density at radius 2 is 2.12 bits per heavy atom. The van der Waals surface area contributed by atoms with E-state index in [9.17, 15) is 0 Å². The predicted octanol–water partition coefficient (Wildman–Crippen LogP) is 3.73. The lowest BCUT2D eigenvalue weighted by molar-refractivity contribution is 0.545. The van der Waals surface area contributed by atoms with Gasteiger partial charge >= 0.3 is 0 Å². The van der Waals surface area contributed by atoms with E-state index in [0.29, 0.717) is 0 Å². The zero-order chi connectivity index (χ0) is 11.8. The summed E-state index contributed by atoms with van der Waals surface area (Å²) in [6.45, 7) is 7.72. The van der Waals surface area contributed by atoms with Crippen LogP contribution in [-0.4, -0.2) is 15.9 Å². The molecule has 1 heterocycles. The first-order chi connectivity index (χ1) is 7.72. The number of rotatable bonds is 8. The van der Waals surface area contributed by atoms with Crippen molar-refractivity contribution in [2.45, 2.75) is 52.9 Å². The third kappa shape index (κ3) is 5.45. The molecule has 0 aliphatic heterocycles. The van der Waals surface area contributed by atoms with E-state index < -0.39 is 0 Å². The van der Waals surface area contributed by atoms with Crippen LogP contribution in [0.15, 0.2) is 0 Å². The molecule has 0 saturated carbocycles. The number of hydrogen-bond acceptors (Lipinski definition) is 4. The van der Waals surface area contributed by atoms with Crippen molar-refractivity contribution in [2.24, 2.45) is 5.92 Å². The molecule has 1 aromatic heterocycles. The van der Waals surface area contributed by atoms with Gasteiger partial charge in [0.25, 0.3) is 0 Å². The summed E-state index contributed by atoms with van der Waals surface area (Å²) in [6, 6.07) is 0. The second-order valence-electron chi connectivity index (χ2n) is 4.58. The van der Waals surface area contributed by atoms with Crippen molar-refractivity contribution in [3.63, 3.8) is 0 Å². The normalized spacial score (nSPS) is 11.0. The van der Waals surface area contributed by atoms with Crippen LogP contribution in [0.4, 0.5) is 5.13 Å². The maximum atomic E-state index is 4.43. The van der Waals surface area contributed by atoms with E-state index in [1.165, 1.54) is 30.8 Å². The summed E-state index contributed by atoms with van der Waals surface area (Å²) in [5, 5.41) is 4.32. The van der Waals surface area contributed by atoms with Gasteiger partial charge in [-0.05, 0) is 18.8 Å². The molecule has 0 radical (unpaired) electrons. The number of nitrogens with zero attached hydrogens (tertiary/aromatic N) is 2. The lowest BCUT2D eigenvalue weighted by atomic mass is 10.1. The van der Waals surface area contributed by atoms with Crippen LogP contribution in [0.2, 0.25) is 0 Å². The first kappa shape index (κ1) is 13.4. The highest BCUT2D eigenvalue weighted by atomic mass is 32.1. The van der Waals surface area contributed by atoms with E-state index in [1.54, 1.807) is 0 Å². The molecule has 0 saturated heterocycles. The lowest BCUT2D eigenvalue weighted by Gasteiger charge is -2.04. The van der Waals surface area contributed by atoms with E-state index in [0.717, 1.165) is 36.3 Å². The van der Waals surface area contributed by atoms with Crippen molar-refractivity contribution in [1.29, 1.82) is 0 Å². The molecule has 1 N–H and O–H groups in total. The smallest absolute Gasteiger partial charge is 0.202 e. The van der Waals surface area contributed by atoms with Crippen molar-refractivity contribution >= 4 is 16.7 Å². The monoisotopic (exact) mass is 241 g/mol. The van der Waals surface area contributed by atoms with Crippen LogP contribution in [0.1, 0.15) is 52.3 Å². The molecule has 0 fully saturated rings. The van der Waals surface area contributed by atoms with Crippen molar-refractivity contribution in [3.05, 3.63) is 5.82 Å². The van der Waals surface area contributed by atoms with E-state index in [4.69, 9.17) is 0 Å². The summed E-state index contributed by atoms with van der Waals surface area (Å²) in [5.74, 6) is 1.80. The Kier molecular flexibility index (Phi) is 6.38. The first-order valence-electron chi connectivity index (χ1n) is 6.28. The molecule has 92 valence electrons. The fourth-order valence-corrected chi connectivity index (χ4v) is 2.16. The molecule has 0 unspecified atom stereocenters. The van der Waals surface area contributed by atoms with E-state index >= 15 is 0 Å². The number of anilines is 1. The van der Waals surface area contributed by atoms with Crippen LogP contribution in [0, 0.1) is 5.92 Å². The van der Waals surface area contributed by atoms with Crippen molar-refractivity contribution < 1.29 is 0 Å². The molecular formula is C12H23N3S. The molecule has 0 aliphatic carbocycles. The van der Waals surface area contributed by atoms with Gasteiger partial charge in [-0.3, -0.25) is 0 Å². The molecule has 0 aromatic carbocycles. The first-order valence-corrected chi connectivity index (χ1v) is 7.06. The Balaban J connectivity index is 2.12. The summed E-state index contributed by atoms with van der Waals surface area (Å²) >= 11 is 1.48. The van der Waals surface area contributed by atoms with Crippen molar-refractivity contribution in [1.82, 2.24) is 9.36 Å². The molecule has 0 amide bonds. The Labute approximate surface area is 103 Å². The number of nitrogens with one attached hydrogen (secondary N) is 1. The van der Waals surface area contributed by atoms with E-state index in [2.05, 4.69) is 35.4 Å². The van der Waals surface area contributed by atoms with Crippen LogP contribution >= 0.6 is 11.5 Å². The Hall–Kier alpha value is -0.640. The molecule has 1 rings (SSSR count). The SMILES string of the molecule is CCCc1nsc(NCCCCC(C)C)n1. The maximum Gasteiger partial charge on any atom is 0.202 e. The van der Waals surface area contributed by atoms with Gasteiger partial charge in [-0.15, -0.1) is 0 Å². The van der Waals surface area contributed by atoms with Crippen LogP contribution < -0.4 is 5.32 Å². The third-order valence-corrected chi connectivity index (χ3v) is 3.14. The van der Waals surface area contributed by atoms with Crippen LogP contribution in [0.5, 0.6) is 0 Å². The number of aryl methyl sites for hydroxylation is 1. The molecule has 4 heteroatoms. The third-order valence-electron chi connectivity index (χ3n) is 2.43. The van der Waals surface area contributed by atoms with Gasteiger partial charge in [-0.1, -0.05) is 33.6 Å².